The Bertz CT molecular complexity index is 1160. The molecule has 0 bridgehead atoms. The molecule has 9 heteroatoms. The van der Waals surface area contributed by atoms with Crippen LogP contribution in [0.25, 0.3) is 0 Å². The van der Waals surface area contributed by atoms with Crippen molar-refractivity contribution in [2.75, 3.05) is 17.6 Å². The number of thioether (sulfide) groups is 1. The molecule has 0 aliphatic rings. The summed E-state index contributed by atoms with van der Waals surface area (Å²) in [5.41, 5.74) is 3.02. The number of aromatic nitrogens is 3. The van der Waals surface area contributed by atoms with Crippen molar-refractivity contribution in [2.45, 2.75) is 32.0 Å². The number of carbonyl (C=O) groups is 2. The van der Waals surface area contributed by atoms with Crippen molar-refractivity contribution in [1.82, 2.24) is 20.1 Å². The number of aryl methyl sites for hydroxylation is 2. The van der Waals surface area contributed by atoms with E-state index in [-0.39, 0.29) is 23.8 Å². The van der Waals surface area contributed by atoms with Gasteiger partial charge in [0.2, 0.25) is 5.91 Å². The third kappa shape index (κ3) is 6.52. The number of benzene rings is 2. The van der Waals surface area contributed by atoms with Gasteiger partial charge in [-0.2, -0.15) is 0 Å². The summed E-state index contributed by atoms with van der Waals surface area (Å²) in [6.45, 7) is 8.51. The van der Waals surface area contributed by atoms with Crippen LogP contribution in [-0.4, -0.2) is 38.9 Å². The number of hydrogen-bond acceptors (Lipinski definition) is 5. The molecule has 0 aliphatic heterocycles. The van der Waals surface area contributed by atoms with Crippen molar-refractivity contribution < 1.29 is 14.0 Å². The zero-order valence-electron chi connectivity index (χ0n) is 18.6. The minimum absolute atomic E-state index is 0.00362. The largest absolute Gasteiger partial charge is 0.351 e. The molecule has 0 aliphatic carbocycles. The van der Waals surface area contributed by atoms with Gasteiger partial charge in [-0.3, -0.25) is 9.59 Å². The standard InChI is InChI=1S/C24H26FN5O2S/c1-4-13-30-21(11-12-26-23(32)19-7-5-6-8-20(19)25)28-29-24(30)33-15-22(31)27-18-10-9-16(2)17(3)14-18/h4-10,14H,1,11-13,15H2,2-3H3,(H,26,32)(H,27,31). The average molecular weight is 468 g/mol. The molecule has 33 heavy (non-hydrogen) atoms. The Hall–Kier alpha value is -3.46. The van der Waals surface area contributed by atoms with Gasteiger partial charge >= 0.3 is 0 Å². The second-order valence-electron chi connectivity index (χ2n) is 7.42. The van der Waals surface area contributed by atoms with Gasteiger partial charge in [0.25, 0.3) is 5.91 Å². The highest BCUT2D eigenvalue weighted by Gasteiger charge is 2.15. The Balaban J connectivity index is 1.56. The maximum absolute atomic E-state index is 13.7. The number of nitrogens with zero attached hydrogens (tertiary/aromatic N) is 3. The van der Waals surface area contributed by atoms with Crippen molar-refractivity contribution in [2.24, 2.45) is 0 Å². The number of halogens is 1. The molecule has 0 radical (unpaired) electrons. The van der Waals surface area contributed by atoms with Gasteiger partial charge in [-0.1, -0.05) is 36.0 Å². The molecule has 0 saturated heterocycles. The summed E-state index contributed by atoms with van der Waals surface area (Å²) in [7, 11) is 0. The Labute approximate surface area is 196 Å². The molecule has 0 saturated carbocycles. The number of hydrogen-bond donors (Lipinski definition) is 2. The Morgan fingerprint density at radius 1 is 1.15 bits per heavy atom. The number of anilines is 1. The fourth-order valence-corrected chi connectivity index (χ4v) is 3.86. The van der Waals surface area contributed by atoms with Crippen LogP contribution in [0.3, 0.4) is 0 Å². The second kappa shape index (κ2) is 11.4. The Morgan fingerprint density at radius 3 is 2.67 bits per heavy atom. The monoisotopic (exact) mass is 467 g/mol. The second-order valence-corrected chi connectivity index (χ2v) is 8.36. The number of rotatable bonds is 10. The van der Waals surface area contributed by atoms with Crippen LogP contribution in [0.15, 0.2) is 60.3 Å². The van der Waals surface area contributed by atoms with Gasteiger partial charge in [0.05, 0.1) is 11.3 Å². The first-order valence-corrected chi connectivity index (χ1v) is 11.4. The van der Waals surface area contributed by atoms with E-state index < -0.39 is 11.7 Å². The van der Waals surface area contributed by atoms with E-state index in [1.165, 1.54) is 30.0 Å². The molecule has 1 heterocycles. The predicted molar refractivity (Wildman–Crippen MR) is 128 cm³/mol. The molecule has 0 unspecified atom stereocenters. The smallest absolute Gasteiger partial charge is 0.254 e. The van der Waals surface area contributed by atoms with Crippen LogP contribution >= 0.6 is 11.8 Å². The average Bonchev–Trinajstić information content (AvgIpc) is 3.17. The summed E-state index contributed by atoms with van der Waals surface area (Å²) in [6, 6.07) is 11.6. The van der Waals surface area contributed by atoms with E-state index in [0.717, 1.165) is 16.8 Å². The van der Waals surface area contributed by atoms with E-state index in [0.29, 0.717) is 23.9 Å². The van der Waals surface area contributed by atoms with Crippen molar-refractivity contribution in [3.63, 3.8) is 0 Å². The van der Waals surface area contributed by atoms with Crippen LogP contribution in [-0.2, 0) is 17.8 Å². The fourth-order valence-electron chi connectivity index (χ4n) is 3.10. The summed E-state index contributed by atoms with van der Waals surface area (Å²) in [5, 5.41) is 14.5. The van der Waals surface area contributed by atoms with Crippen molar-refractivity contribution in [3.8, 4) is 0 Å². The van der Waals surface area contributed by atoms with Gasteiger partial charge in [-0.05, 0) is 49.2 Å². The van der Waals surface area contributed by atoms with E-state index in [1.54, 1.807) is 12.1 Å². The van der Waals surface area contributed by atoms with Crippen LogP contribution < -0.4 is 10.6 Å². The summed E-state index contributed by atoms with van der Waals surface area (Å²) >= 11 is 1.27. The van der Waals surface area contributed by atoms with Crippen molar-refractivity contribution >= 4 is 29.3 Å². The molecule has 2 N–H and O–H groups in total. The zero-order valence-corrected chi connectivity index (χ0v) is 19.4. The number of amides is 2. The molecule has 1 aromatic heterocycles. The lowest BCUT2D eigenvalue weighted by Crippen LogP contribution is -2.27. The highest BCUT2D eigenvalue weighted by atomic mass is 32.2. The fraction of sp³-hybridized carbons (Fsp3) is 0.250. The molecule has 7 nitrogen and oxygen atoms in total. The van der Waals surface area contributed by atoms with Gasteiger partial charge < -0.3 is 15.2 Å². The first-order valence-electron chi connectivity index (χ1n) is 10.4. The maximum Gasteiger partial charge on any atom is 0.254 e. The Morgan fingerprint density at radius 2 is 1.94 bits per heavy atom. The minimum Gasteiger partial charge on any atom is -0.351 e. The highest BCUT2D eigenvalue weighted by molar-refractivity contribution is 7.99. The molecule has 0 atom stereocenters. The number of nitrogens with one attached hydrogen (secondary N) is 2. The first-order chi connectivity index (χ1) is 15.9. The third-order valence-corrected chi connectivity index (χ3v) is 5.95. The SMILES string of the molecule is C=CCn1c(CCNC(=O)c2ccccc2F)nnc1SCC(=O)Nc1ccc(C)c(C)c1. The van der Waals surface area contributed by atoms with Crippen molar-refractivity contribution in [3.05, 3.63) is 83.5 Å². The van der Waals surface area contributed by atoms with Crippen LogP contribution in [0.5, 0.6) is 0 Å². The molecule has 2 amide bonds. The molecule has 172 valence electrons. The van der Waals surface area contributed by atoms with E-state index in [2.05, 4.69) is 27.4 Å². The Kier molecular flexibility index (Phi) is 8.37. The topological polar surface area (TPSA) is 88.9 Å². The van der Waals surface area contributed by atoms with Gasteiger partial charge in [0.1, 0.15) is 11.6 Å². The van der Waals surface area contributed by atoms with E-state index >= 15 is 0 Å². The van der Waals surface area contributed by atoms with Crippen molar-refractivity contribution in [1.29, 1.82) is 0 Å². The molecule has 2 aromatic carbocycles. The van der Waals surface area contributed by atoms with Crippen LogP contribution in [0.4, 0.5) is 10.1 Å². The number of carbonyl (C=O) groups excluding carboxylic acids is 2. The summed E-state index contributed by atoms with van der Waals surface area (Å²) in [5.74, 6) is -0.384. The molecule has 0 fully saturated rings. The van der Waals surface area contributed by atoms with Crippen LogP contribution in [0, 0.1) is 19.7 Å². The molecule has 3 rings (SSSR count). The maximum atomic E-state index is 13.7. The lowest BCUT2D eigenvalue weighted by molar-refractivity contribution is -0.113. The zero-order chi connectivity index (χ0) is 23.8. The lowest BCUT2D eigenvalue weighted by atomic mass is 10.1. The summed E-state index contributed by atoms with van der Waals surface area (Å²) in [6.07, 6.45) is 2.11. The molecule has 0 spiro atoms. The highest BCUT2D eigenvalue weighted by Crippen LogP contribution is 2.19. The minimum atomic E-state index is -0.567. The van der Waals surface area contributed by atoms with Crippen LogP contribution in [0.1, 0.15) is 27.3 Å². The molecule has 3 aromatic rings. The molecular formula is C24H26FN5O2S. The lowest BCUT2D eigenvalue weighted by Gasteiger charge is -2.10. The van der Waals surface area contributed by atoms with Crippen LogP contribution in [0.2, 0.25) is 0 Å². The first kappa shape index (κ1) is 24.2. The normalized spacial score (nSPS) is 10.6. The van der Waals surface area contributed by atoms with E-state index in [1.807, 2.05) is 36.6 Å². The van der Waals surface area contributed by atoms with Gasteiger partial charge in [-0.25, -0.2) is 4.39 Å². The number of allylic oxidation sites excluding steroid dienone is 1. The van der Waals surface area contributed by atoms with Gasteiger partial charge in [-0.15, -0.1) is 16.8 Å². The molecular weight excluding hydrogens is 441 g/mol. The third-order valence-electron chi connectivity index (χ3n) is 4.98. The van der Waals surface area contributed by atoms with E-state index in [9.17, 15) is 14.0 Å². The van der Waals surface area contributed by atoms with Gasteiger partial charge in [0.15, 0.2) is 5.16 Å². The summed E-state index contributed by atoms with van der Waals surface area (Å²) in [4.78, 5) is 24.6. The van der Waals surface area contributed by atoms with E-state index in [4.69, 9.17) is 0 Å². The predicted octanol–water partition coefficient (Wildman–Crippen LogP) is 3.92. The van der Waals surface area contributed by atoms with Gasteiger partial charge in [0, 0.05) is 25.2 Å². The quantitative estimate of drug-likeness (QED) is 0.349. The summed E-state index contributed by atoms with van der Waals surface area (Å²) < 4.78 is 15.6.